The van der Waals surface area contributed by atoms with Gasteiger partial charge in [0.15, 0.2) is 6.61 Å². The number of amides is 1. The highest BCUT2D eigenvalue weighted by Crippen LogP contribution is 2.22. The number of nitrogens with one attached hydrogen (secondary N) is 1. The van der Waals surface area contributed by atoms with Crippen LogP contribution in [0.25, 0.3) is 0 Å². The molecule has 0 aliphatic rings. The summed E-state index contributed by atoms with van der Waals surface area (Å²) in [5, 5.41) is 2.77. The Kier molecular flexibility index (Phi) is 7.75. The number of rotatable bonds is 8. The highest BCUT2D eigenvalue weighted by Gasteiger charge is 2.22. The van der Waals surface area contributed by atoms with Crippen molar-refractivity contribution in [2.45, 2.75) is 39.5 Å². The Balaban J connectivity index is 2.01. The van der Waals surface area contributed by atoms with Gasteiger partial charge in [-0.1, -0.05) is 31.5 Å². The van der Waals surface area contributed by atoms with Crippen molar-refractivity contribution in [1.29, 1.82) is 0 Å². The Hall–Kier alpha value is -2.71. The summed E-state index contributed by atoms with van der Waals surface area (Å²) in [6.07, 6.45) is 0. The first-order valence-electron chi connectivity index (χ1n) is 9.75. The Morgan fingerprint density at radius 3 is 2.00 bits per heavy atom. The van der Waals surface area contributed by atoms with Gasteiger partial charge < -0.3 is 10.1 Å². The normalized spacial score (nSPS) is 11.4. The lowest BCUT2D eigenvalue weighted by molar-refractivity contribution is -0.119. The molecule has 30 heavy (non-hydrogen) atoms. The van der Waals surface area contributed by atoms with Gasteiger partial charge in [-0.2, -0.15) is 4.31 Å². The van der Waals surface area contributed by atoms with Crippen LogP contribution in [0.1, 0.15) is 40.9 Å². The Morgan fingerprint density at radius 2 is 1.50 bits per heavy atom. The van der Waals surface area contributed by atoms with Crippen LogP contribution in [0, 0.1) is 20.8 Å². The number of aryl methyl sites for hydroxylation is 3. The number of sulfonamides is 1. The zero-order valence-corrected chi connectivity index (χ0v) is 18.8. The van der Waals surface area contributed by atoms with E-state index in [-0.39, 0.29) is 10.5 Å². The molecular weight excluding hydrogens is 404 g/mol. The number of carbonyl (C=O) groups excluding carboxylic acids is 2. The average Bonchev–Trinajstić information content (AvgIpc) is 2.69. The van der Waals surface area contributed by atoms with E-state index in [0.717, 1.165) is 16.7 Å². The van der Waals surface area contributed by atoms with Gasteiger partial charge in [0.1, 0.15) is 0 Å². The average molecular weight is 433 g/mol. The van der Waals surface area contributed by atoms with Gasteiger partial charge >= 0.3 is 5.97 Å². The number of benzene rings is 2. The number of esters is 1. The molecule has 8 heteroatoms. The monoisotopic (exact) mass is 432 g/mol. The second-order valence-electron chi connectivity index (χ2n) is 7.01. The summed E-state index contributed by atoms with van der Waals surface area (Å²) in [5.41, 5.74) is 3.83. The summed E-state index contributed by atoms with van der Waals surface area (Å²) < 4.78 is 31.4. The van der Waals surface area contributed by atoms with Crippen molar-refractivity contribution < 1.29 is 22.7 Å². The summed E-state index contributed by atoms with van der Waals surface area (Å²) in [6.45, 7) is 9.58. The molecule has 0 aliphatic heterocycles. The first-order valence-corrected chi connectivity index (χ1v) is 11.2. The first kappa shape index (κ1) is 23.6. The SMILES string of the molecule is CCN(CC)S(=O)(=O)c1ccc(C(=O)OCC(=O)Nc2c(C)cc(C)cc2C)cc1. The van der Waals surface area contributed by atoms with E-state index in [9.17, 15) is 18.0 Å². The molecule has 1 amide bonds. The third-order valence-electron chi connectivity index (χ3n) is 4.71. The first-order chi connectivity index (χ1) is 14.1. The van der Waals surface area contributed by atoms with Crippen LogP contribution in [0.2, 0.25) is 0 Å². The summed E-state index contributed by atoms with van der Waals surface area (Å²) in [6, 6.07) is 9.41. The van der Waals surface area contributed by atoms with Gasteiger partial charge in [0, 0.05) is 18.8 Å². The van der Waals surface area contributed by atoms with Crippen LogP contribution in [0.3, 0.4) is 0 Å². The van der Waals surface area contributed by atoms with Crippen molar-refractivity contribution in [3.05, 3.63) is 58.7 Å². The van der Waals surface area contributed by atoms with E-state index in [1.165, 1.54) is 28.6 Å². The van der Waals surface area contributed by atoms with Gasteiger partial charge in [0.2, 0.25) is 10.0 Å². The molecule has 0 unspecified atom stereocenters. The maximum absolute atomic E-state index is 12.5. The number of nitrogens with zero attached hydrogens (tertiary/aromatic N) is 1. The van der Waals surface area contributed by atoms with E-state index in [1.807, 2.05) is 32.9 Å². The van der Waals surface area contributed by atoms with Crippen molar-refractivity contribution in [3.63, 3.8) is 0 Å². The molecule has 0 aliphatic carbocycles. The quantitative estimate of drug-likeness (QED) is 0.645. The second kappa shape index (κ2) is 9.86. The topological polar surface area (TPSA) is 92.8 Å². The fourth-order valence-electron chi connectivity index (χ4n) is 3.24. The van der Waals surface area contributed by atoms with Crippen LogP contribution in [-0.4, -0.2) is 44.3 Å². The van der Waals surface area contributed by atoms with Gasteiger partial charge in [0.05, 0.1) is 10.5 Å². The lowest BCUT2D eigenvalue weighted by Gasteiger charge is -2.18. The minimum absolute atomic E-state index is 0.103. The van der Waals surface area contributed by atoms with E-state index in [2.05, 4.69) is 5.32 Å². The van der Waals surface area contributed by atoms with Gasteiger partial charge in [-0.05, 0) is 56.2 Å². The molecule has 0 bridgehead atoms. The molecule has 0 saturated carbocycles. The van der Waals surface area contributed by atoms with Gasteiger partial charge in [-0.3, -0.25) is 4.79 Å². The van der Waals surface area contributed by atoms with Crippen molar-refractivity contribution in [1.82, 2.24) is 4.31 Å². The van der Waals surface area contributed by atoms with E-state index in [0.29, 0.717) is 18.8 Å². The van der Waals surface area contributed by atoms with Crippen molar-refractivity contribution >= 4 is 27.6 Å². The van der Waals surface area contributed by atoms with E-state index >= 15 is 0 Å². The number of carbonyl (C=O) groups is 2. The molecule has 2 aromatic carbocycles. The minimum atomic E-state index is -3.60. The zero-order chi connectivity index (χ0) is 22.5. The summed E-state index contributed by atoms with van der Waals surface area (Å²) in [4.78, 5) is 24.5. The van der Waals surface area contributed by atoms with Gasteiger partial charge in [-0.25, -0.2) is 13.2 Å². The fourth-order valence-corrected chi connectivity index (χ4v) is 4.70. The molecule has 162 valence electrons. The smallest absolute Gasteiger partial charge is 0.338 e. The van der Waals surface area contributed by atoms with Crippen LogP contribution in [0.5, 0.6) is 0 Å². The van der Waals surface area contributed by atoms with Crippen LogP contribution in [0.4, 0.5) is 5.69 Å². The second-order valence-corrected chi connectivity index (χ2v) is 8.95. The summed E-state index contributed by atoms with van der Waals surface area (Å²) in [5.74, 6) is -1.14. The fraction of sp³-hybridized carbons (Fsp3) is 0.364. The lowest BCUT2D eigenvalue weighted by Crippen LogP contribution is -2.30. The number of hydrogen-bond acceptors (Lipinski definition) is 5. The molecule has 2 aromatic rings. The largest absolute Gasteiger partial charge is 0.452 e. The van der Waals surface area contributed by atoms with Crippen molar-refractivity contribution in [2.24, 2.45) is 0 Å². The third kappa shape index (κ3) is 5.46. The maximum Gasteiger partial charge on any atom is 0.338 e. The molecule has 0 fully saturated rings. The molecule has 0 spiro atoms. The molecule has 1 N–H and O–H groups in total. The molecule has 0 saturated heterocycles. The highest BCUT2D eigenvalue weighted by atomic mass is 32.2. The molecule has 7 nitrogen and oxygen atoms in total. The van der Waals surface area contributed by atoms with Crippen molar-refractivity contribution in [2.75, 3.05) is 25.0 Å². The molecule has 0 radical (unpaired) electrons. The number of hydrogen-bond donors (Lipinski definition) is 1. The molecule has 0 atom stereocenters. The van der Waals surface area contributed by atoms with Gasteiger partial charge in [-0.15, -0.1) is 0 Å². The summed E-state index contributed by atoms with van der Waals surface area (Å²) in [7, 11) is -3.60. The molecule has 0 heterocycles. The predicted molar refractivity (Wildman–Crippen MR) is 116 cm³/mol. The van der Waals surface area contributed by atoms with E-state index in [1.54, 1.807) is 13.8 Å². The van der Waals surface area contributed by atoms with Gasteiger partial charge in [0.25, 0.3) is 5.91 Å². The van der Waals surface area contributed by atoms with E-state index < -0.39 is 28.5 Å². The molecule has 0 aromatic heterocycles. The maximum atomic E-state index is 12.5. The molecular formula is C22H28N2O5S. The number of anilines is 1. The zero-order valence-electron chi connectivity index (χ0n) is 18.0. The van der Waals surface area contributed by atoms with Crippen LogP contribution in [0.15, 0.2) is 41.3 Å². The molecule has 2 rings (SSSR count). The highest BCUT2D eigenvalue weighted by molar-refractivity contribution is 7.89. The minimum Gasteiger partial charge on any atom is -0.452 e. The Morgan fingerprint density at radius 1 is 0.967 bits per heavy atom. The van der Waals surface area contributed by atoms with E-state index in [4.69, 9.17) is 4.74 Å². The standard InChI is InChI=1S/C22H28N2O5S/c1-6-24(7-2)30(27,28)19-10-8-18(9-11-19)22(26)29-14-20(25)23-21-16(4)12-15(3)13-17(21)5/h8-13H,6-7,14H2,1-5H3,(H,23,25). The third-order valence-corrected chi connectivity index (χ3v) is 6.77. The van der Waals surface area contributed by atoms with Crippen LogP contribution >= 0.6 is 0 Å². The van der Waals surface area contributed by atoms with Crippen LogP contribution < -0.4 is 5.32 Å². The number of ether oxygens (including phenoxy) is 1. The van der Waals surface area contributed by atoms with Crippen molar-refractivity contribution in [3.8, 4) is 0 Å². The Bertz CT molecular complexity index is 1000. The summed E-state index contributed by atoms with van der Waals surface area (Å²) >= 11 is 0. The predicted octanol–water partition coefficient (Wildman–Crippen LogP) is 3.44. The Labute approximate surface area is 178 Å². The van der Waals surface area contributed by atoms with Crippen LogP contribution in [-0.2, 0) is 19.6 Å². The lowest BCUT2D eigenvalue weighted by atomic mass is 10.1.